The van der Waals surface area contributed by atoms with E-state index in [-0.39, 0.29) is 5.41 Å². The fourth-order valence-electron chi connectivity index (χ4n) is 5.68. The zero-order valence-electron chi connectivity index (χ0n) is 22.2. The molecule has 2 heterocycles. The molecule has 0 atom stereocenters. The quantitative estimate of drug-likeness (QED) is 0.228. The molecule has 1 aliphatic heterocycles. The Morgan fingerprint density at radius 1 is 0.650 bits per heavy atom. The van der Waals surface area contributed by atoms with Gasteiger partial charge in [0, 0.05) is 31.7 Å². The van der Waals surface area contributed by atoms with Gasteiger partial charge < -0.3 is 0 Å². The average molecular weight is 532 g/mol. The molecular formula is C36H25N3S. The number of benzene rings is 5. The first kappa shape index (κ1) is 24.3. The Morgan fingerprint density at radius 3 is 2.23 bits per heavy atom. The summed E-state index contributed by atoms with van der Waals surface area (Å²) in [5.41, 5.74) is 9.17. The van der Waals surface area contributed by atoms with Crippen molar-refractivity contribution in [3.8, 4) is 39.8 Å². The maximum atomic E-state index is 9.43. The van der Waals surface area contributed by atoms with Gasteiger partial charge in [0.05, 0.1) is 22.8 Å². The average Bonchev–Trinajstić information content (AvgIpc) is 3.00. The van der Waals surface area contributed by atoms with E-state index in [1.165, 1.54) is 16.0 Å². The molecule has 0 radical (unpaired) electrons. The van der Waals surface area contributed by atoms with Gasteiger partial charge in [-0.1, -0.05) is 111 Å². The zero-order valence-corrected chi connectivity index (χ0v) is 23.0. The number of aromatic nitrogens is 2. The molecule has 1 aliphatic rings. The molecule has 0 bridgehead atoms. The first-order valence-corrected chi connectivity index (χ1v) is 14.1. The summed E-state index contributed by atoms with van der Waals surface area (Å²) in [5, 5.41) is 10.5. The van der Waals surface area contributed by atoms with Crippen LogP contribution in [0.4, 0.5) is 0 Å². The van der Waals surface area contributed by atoms with Crippen LogP contribution in [-0.2, 0) is 5.41 Å². The van der Waals surface area contributed by atoms with Gasteiger partial charge in [0.2, 0.25) is 0 Å². The fraction of sp³-hybridized carbons (Fsp3) is 0.0833. The second kappa shape index (κ2) is 9.48. The second-order valence-electron chi connectivity index (χ2n) is 10.6. The highest BCUT2D eigenvalue weighted by Gasteiger charge is 2.33. The third kappa shape index (κ3) is 3.99. The highest BCUT2D eigenvalue weighted by Crippen LogP contribution is 2.50. The van der Waals surface area contributed by atoms with Crippen LogP contribution in [-0.4, -0.2) is 9.97 Å². The summed E-state index contributed by atoms with van der Waals surface area (Å²) in [6.07, 6.45) is 0. The summed E-state index contributed by atoms with van der Waals surface area (Å²) >= 11 is 1.74. The van der Waals surface area contributed by atoms with Crippen LogP contribution in [0.5, 0.6) is 0 Å². The van der Waals surface area contributed by atoms with Crippen molar-refractivity contribution in [3.63, 3.8) is 0 Å². The van der Waals surface area contributed by atoms with Crippen molar-refractivity contribution in [1.82, 2.24) is 9.97 Å². The Morgan fingerprint density at radius 2 is 1.40 bits per heavy atom. The molecule has 0 N–H and O–H groups in total. The van der Waals surface area contributed by atoms with E-state index in [0.29, 0.717) is 11.4 Å². The van der Waals surface area contributed by atoms with Crippen molar-refractivity contribution in [3.05, 3.63) is 132 Å². The van der Waals surface area contributed by atoms with Gasteiger partial charge in [-0.2, -0.15) is 5.26 Å². The molecule has 4 heteroatoms. The first-order chi connectivity index (χ1) is 19.5. The molecule has 0 amide bonds. The minimum atomic E-state index is -0.217. The monoisotopic (exact) mass is 531 g/mol. The number of fused-ring (bicyclic) bond motifs is 3. The van der Waals surface area contributed by atoms with Crippen molar-refractivity contribution in [2.24, 2.45) is 0 Å². The molecule has 0 aliphatic carbocycles. The lowest BCUT2D eigenvalue weighted by molar-refractivity contribution is 0.607. The van der Waals surface area contributed by atoms with Gasteiger partial charge in [0.15, 0.2) is 5.82 Å². The van der Waals surface area contributed by atoms with Gasteiger partial charge in [-0.3, -0.25) is 0 Å². The molecule has 7 rings (SSSR count). The minimum Gasteiger partial charge on any atom is -0.228 e. The largest absolute Gasteiger partial charge is 0.228 e. The summed E-state index contributed by atoms with van der Waals surface area (Å²) in [5.74, 6) is 0.717. The summed E-state index contributed by atoms with van der Waals surface area (Å²) < 4.78 is 0. The predicted octanol–water partition coefficient (Wildman–Crippen LogP) is 9.29. The molecule has 0 saturated carbocycles. The molecule has 0 spiro atoms. The highest BCUT2D eigenvalue weighted by molar-refractivity contribution is 7.99. The first-order valence-electron chi connectivity index (χ1n) is 13.3. The van der Waals surface area contributed by atoms with Crippen LogP contribution in [0.3, 0.4) is 0 Å². The van der Waals surface area contributed by atoms with Crippen molar-refractivity contribution >= 4 is 22.7 Å². The Bertz CT molecular complexity index is 1970. The number of nitriles is 1. The lowest BCUT2D eigenvalue weighted by Crippen LogP contribution is -2.23. The zero-order chi connectivity index (χ0) is 27.3. The maximum Gasteiger partial charge on any atom is 0.161 e. The number of hydrogen-bond donors (Lipinski definition) is 0. The topological polar surface area (TPSA) is 49.6 Å². The molecule has 190 valence electrons. The third-order valence-electron chi connectivity index (χ3n) is 7.79. The van der Waals surface area contributed by atoms with Crippen LogP contribution < -0.4 is 0 Å². The molecule has 0 unspecified atom stereocenters. The molecule has 0 saturated heterocycles. The second-order valence-corrected chi connectivity index (χ2v) is 11.7. The number of hydrogen-bond acceptors (Lipinski definition) is 4. The SMILES string of the molecule is CC1(C)c2ccc(C#N)cc2Sc2ccc(-c3nc(-c4ccccc4-c4ccccc4)nc4ccccc34)cc21. The van der Waals surface area contributed by atoms with Gasteiger partial charge >= 0.3 is 0 Å². The van der Waals surface area contributed by atoms with Crippen LogP contribution in [0, 0.1) is 11.3 Å². The van der Waals surface area contributed by atoms with E-state index in [1.54, 1.807) is 11.8 Å². The summed E-state index contributed by atoms with van der Waals surface area (Å²) in [6.45, 7) is 4.53. The Labute approximate surface area is 238 Å². The van der Waals surface area contributed by atoms with Crippen molar-refractivity contribution in [2.45, 2.75) is 29.1 Å². The van der Waals surface area contributed by atoms with E-state index in [9.17, 15) is 5.26 Å². The molecule has 40 heavy (non-hydrogen) atoms. The molecule has 1 aromatic heterocycles. The van der Waals surface area contributed by atoms with Crippen LogP contribution in [0.1, 0.15) is 30.5 Å². The lowest BCUT2D eigenvalue weighted by atomic mass is 9.76. The third-order valence-corrected chi connectivity index (χ3v) is 8.92. The number of para-hydroxylation sites is 1. The molecule has 3 nitrogen and oxygen atoms in total. The lowest BCUT2D eigenvalue weighted by Gasteiger charge is -2.35. The predicted molar refractivity (Wildman–Crippen MR) is 163 cm³/mol. The van der Waals surface area contributed by atoms with E-state index in [4.69, 9.17) is 9.97 Å². The van der Waals surface area contributed by atoms with Crippen LogP contribution in [0.25, 0.3) is 44.7 Å². The highest BCUT2D eigenvalue weighted by atomic mass is 32.2. The van der Waals surface area contributed by atoms with Crippen LogP contribution in [0.2, 0.25) is 0 Å². The Hall–Kier alpha value is -4.72. The number of nitrogens with zero attached hydrogens (tertiary/aromatic N) is 3. The van der Waals surface area contributed by atoms with Gasteiger partial charge in [0.25, 0.3) is 0 Å². The maximum absolute atomic E-state index is 9.43. The van der Waals surface area contributed by atoms with Crippen molar-refractivity contribution in [1.29, 1.82) is 5.26 Å². The van der Waals surface area contributed by atoms with Crippen molar-refractivity contribution in [2.75, 3.05) is 0 Å². The van der Waals surface area contributed by atoms with Gasteiger partial charge in [-0.15, -0.1) is 0 Å². The summed E-state index contributed by atoms with van der Waals surface area (Å²) in [7, 11) is 0. The fourth-order valence-corrected chi connectivity index (χ4v) is 7.09. The van der Waals surface area contributed by atoms with Crippen molar-refractivity contribution < 1.29 is 0 Å². The van der Waals surface area contributed by atoms with E-state index in [0.717, 1.165) is 43.7 Å². The Balaban J connectivity index is 1.41. The molecule has 5 aromatic carbocycles. The molecule has 6 aromatic rings. The van der Waals surface area contributed by atoms with E-state index in [2.05, 4.69) is 98.8 Å². The minimum absolute atomic E-state index is 0.217. The number of rotatable bonds is 3. The molecular weight excluding hydrogens is 506 g/mol. The van der Waals surface area contributed by atoms with Crippen LogP contribution in [0.15, 0.2) is 125 Å². The van der Waals surface area contributed by atoms with Gasteiger partial charge in [-0.05, 0) is 52.6 Å². The van der Waals surface area contributed by atoms with Gasteiger partial charge in [-0.25, -0.2) is 9.97 Å². The smallest absolute Gasteiger partial charge is 0.161 e. The standard InChI is InChI=1S/C36H25N3S/c1-36(2)29-18-16-23(22-37)20-33(29)40-32-19-17-25(21-30(32)36)34-28-14-8-9-15-31(28)38-35(39-34)27-13-7-6-12-26(27)24-10-4-3-5-11-24/h3-21H,1-2H3. The van der Waals surface area contributed by atoms with E-state index in [1.807, 2.05) is 36.4 Å². The van der Waals surface area contributed by atoms with Crippen LogP contribution >= 0.6 is 11.8 Å². The van der Waals surface area contributed by atoms with E-state index < -0.39 is 0 Å². The van der Waals surface area contributed by atoms with E-state index >= 15 is 0 Å². The van der Waals surface area contributed by atoms with Gasteiger partial charge in [0.1, 0.15) is 0 Å². The Kier molecular flexibility index (Phi) is 5.77. The normalized spacial score (nSPS) is 13.3. The summed E-state index contributed by atoms with van der Waals surface area (Å²) in [6, 6.07) is 42.0. The molecule has 0 fully saturated rings. The summed E-state index contributed by atoms with van der Waals surface area (Å²) in [4.78, 5) is 12.6.